The van der Waals surface area contributed by atoms with E-state index >= 15 is 0 Å². The van der Waals surface area contributed by atoms with Crippen LogP contribution in [0.3, 0.4) is 0 Å². The van der Waals surface area contributed by atoms with Crippen LogP contribution in [0.5, 0.6) is 0 Å². The fraction of sp³-hybridized carbons (Fsp3) is 0.938. The Morgan fingerprint density at radius 2 is 2.10 bits per heavy atom. The molecular formula is C16H30N2OS. The third-order valence-electron chi connectivity index (χ3n) is 4.75. The third-order valence-corrected chi connectivity index (χ3v) is 5.69. The molecule has 1 heterocycles. The van der Waals surface area contributed by atoms with E-state index in [0.29, 0.717) is 12.1 Å². The molecule has 0 aromatic rings. The molecule has 0 bridgehead atoms. The highest BCUT2D eigenvalue weighted by Crippen LogP contribution is 2.32. The molecule has 1 saturated heterocycles. The highest BCUT2D eigenvalue weighted by atomic mass is 32.2. The Hall–Kier alpha value is -0.220. The van der Waals surface area contributed by atoms with Crippen LogP contribution >= 0.6 is 11.8 Å². The number of carbonyl (C=O) groups is 1. The Morgan fingerprint density at radius 1 is 1.30 bits per heavy atom. The average Bonchev–Trinajstić information content (AvgIpc) is 2.47. The van der Waals surface area contributed by atoms with Gasteiger partial charge in [-0.15, -0.1) is 0 Å². The largest absolute Gasteiger partial charge is 0.352 e. The Kier molecular flexibility index (Phi) is 6.69. The maximum absolute atomic E-state index is 12.3. The van der Waals surface area contributed by atoms with Gasteiger partial charge in [-0.05, 0) is 56.5 Å². The maximum atomic E-state index is 12.3. The maximum Gasteiger partial charge on any atom is 0.237 e. The van der Waals surface area contributed by atoms with Crippen LogP contribution in [0.2, 0.25) is 0 Å². The number of fused-ring (bicyclic) bond motifs is 1. The van der Waals surface area contributed by atoms with Gasteiger partial charge in [-0.1, -0.05) is 19.8 Å². The molecule has 116 valence electrons. The predicted octanol–water partition coefficient (Wildman–Crippen LogP) is 2.95. The first-order valence-electron chi connectivity index (χ1n) is 8.35. The van der Waals surface area contributed by atoms with Gasteiger partial charge in [-0.25, -0.2) is 0 Å². The van der Waals surface area contributed by atoms with Gasteiger partial charge in [-0.2, -0.15) is 11.8 Å². The van der Waals surface area contributed by atoms with Gasteiger partial charge in [0.15, 0.2) is 0 Å². The van der Waals surface area contributed by atoms with Crippen molar-refractivity contribution in [3.05, 3.63) is 0 Å². The number of piperidine rings is 1. The number of hydrogen-bond donors (Lipinski definition) is 2. The summed E-state index contributed by atoms with van der Waals surface area (Å²) in [6.45, 7) is 4.31. The first-order valence-corrected chi connectivity index (χ1v) is 9.50. The minimum Gasteiger partial charge on any atom is -0.352 e. The standard InChI is InChI=1S/C16H30N2OS/c1-3-20-11-10-12(2)17-16(19)15-9-8-13-6-4-5-7-14(13)18-15/h12-15,18H,3-11H2,1-2H3,(H,17,19). The van der Waals surface area contributed by atoms with Crippen molar-refractivity contribution in [3.8, 4) is 0 Å². The van der Waals surface area contributed by atoms with Gasteiger partial charge in [0.05, 0.1) is 6.04 Å². The van der Waals surface area contributed by atoms with E-state index in [4.69, 9.17) is 0 Å². The van der Waals surface area contributed by atoms with Gasteiger partial charge in [0.2, 0.25) is 5.91 Å². The fourth-order valence-corrected chi connectivity index (χ4v) is 4.33. The van der Waals surface area contributed by atoms with Crippen molar-refractivity contribution in [1.29, 1.82) is 0 Å². The van der Waals surface area contributed by atoms with E-state index in [1.807, 2.05) is 11.8 Å². The van der Waals surface area contributed by atoms with Crippen LogP contribution in [0.15, 0.2) is 0 Å². The van der Waals surface area contributed by atoms with Crippen molar-refractivity contribution in [2.75, 3.05) is 11.5 Å². The molecule has 4 atom stereocenters. The highest BCUT2D eigenvalue weighted by molar-refractivity contribution is 7.99. The fourth-order valence-electron chi connectivity index (χ4n) is 3.52. The summed E-state index contributed by atoms with van der Waals surface area (Å²) in [5.74, 6) is 3.35. The van der Waals surface area contributed by atoms with Gasteiger partial charge in [0, 0.05) is 12.1 Å². The molecule has 4 unspecified atom stereocenters. The highest BCUT2D eigenvalue weighted by Gasteiger charge is 2.34. The van der Waals surface area contributed by atoms with E-state index in [1.54, 1.807) is 0 Å². The summed E-state index contributed by atoms with van der Waals surface area (Å²) in [5, 5.41) is 6.80. The molecule has 3 nitrogen and oxygen atoms in total. The zero-order chi connectivity index (χ0) is 14.4. The zero-order valence-electron chi connectivity index (χ0n) is 13.0. The summed E-state index contributed by atoms with van der Waals surface area (Å²) in [7, 11) is 0. The van der Waals surface area contributed by atoms with Crippen LogP contribution in [0.1, 0.15) is 58.8 Å². The van der Waals surface area contributed by atoms with E-state index in [9.17, 15) is 4.79 Å². The van der Waals surface area contributed by atoms with Crippen molar-refractivity contribution in [3.63, 3.8) is 0 Å². The second-order valence-electron chi connectivity index (χ2n) is 6.34. The van der Waals surface area contributed by atoms with Gasteiger partial charge in [0.25, 0.3) is 0 Å². The minimum absolute atomic E-state index is 0.0515. The SMILES string of the molecule is CCSCCC(C)NC(=O)C1CCC2CCCCC2N1. The number of nitrogens with one attached hydrogen (secondary N) is 2. The Labute approximate surface area is 128 Å². The van der Waals surface area contributed by atoms with E-state index in [0.717, 1.165) is 30.3 Å². The monoisotopic (exact) mass is 298 g/mol. The number of hydrogen-bond acceptors (Lipinski definition) is 3. The van der Waals surface area contributed by atoms with E-state index in [1.165, 1.54) is 32.1 Å². The lowest BCUT2D eigenvalue weighted by Gasteiger charge is -2.40. The Morgan fingerprint density at radius 3 is 2.90 bits per heavy atom. The molecule has 1 saturated carbocycles. The van der Waals surface area contributed by atoms with Gasteiger partial charge >= 0.3 is 0 Å². The lowest BCUT2D eigenvalue weighted by Crippen LogP contribution is -2.56. The molecule has 2 rings (SSSR count). The van der Waals surface area contributed by atoms with Crippen LogP contribution < -0.4 is 10.6 Å². The topological polar surface area (TPSA) is 41.1 Å². The summed E-state index contributed by atoms with van der Waals surface area (Å²) in [6.07, 6.45) is 8.65. The predicted molar refractivity (Wildman–Crippen MR) is 87.1 cm³/mol. The van der Waals surface area contributed by atoms with Crippen LogP contribution in [0, 0.1) is 5.92 Å². The van der Waals surface area contributed by atoms with Crippen molar-refractivity contribution >= 4 is 17.7 Å². The van der Waals surface area contributed by atoms with Crippen LogP contribution in [0.4, 0.5) is 0 Å². The Bertz CT molecular complexity index is 311. The average molecular weight is 298 g/mol. The molecule has 4 heteroatoms. The number of carbonyl (C=O) groups excluding carboxylic acids is 1. The summed E-state index contributed by atoms with van der Waals surface area (Å²) in [6, 6.07) is 0.947. The summed E-state index contributed by atoms with van der Waals surface area (Å²) in [5.41, 5.74) is 0. The van der Waals surface area contributed by atoms with Crippen LogP contribution in [0.25, 0.3) is 0 Å². The molecule has 1 aliphatic carbocycles. The van der Waals surface area contributed by atoms with Crippen molar-refractivity contribution in [2.24, 2.45) is 5.92 Å². The molecule has 1 amide bonds. The zero-order valence-corrected chi connectivity index (χ0v) is 13.8. The lowest BCUT2D eigenvalue weighted by atomic mass is 9.77. The molecule has 0 aromatic carbocycles. The van der Waals surface area contributed by atoms with Crippen molar-refractivity contribution in [1.82, 2.24) is 10.6 Å². The van der Waals surface area contributed by atoms with Crippen molar-refractivity contribution in [2.45, 2.75) is 76.9 Å². The van der Waals surface area contributed by atoms with Gasteiger partial charge in [0.1, 0.15) is 0 Å². The molecule has 1 aliphatic heterocycles. The molecule has 0 aromatic heterocycles. The molecule has 2 fully saturated rings. The van der Waals surface area contributed by atoms with Crippen LogP contribution in [-0.4, -0.2) is 35.5 Å². The first kappa shape index (κ1) is 16.2. The van der Waals surface area contributed by atoms with Crippen molar-refractivity contribution < 1.29 is 4.79 Å². The molecule has 2 N–H and O–H groups in total. The molecule has 0 spiro atoms. The smallest absolute Gasteiger partial charge is 0.237 e. The van der Waals surface area contributed by atoms with E-state index < -0.39 is 0 Å². The Balaban J connectivity index is 1.72. The normalized spacial score (nSPS) is 31.4. The van der Waals surface area contributed by atoms with E-state index in [-0.39, 0.29) is 11.9 Å². The van der Waals surface area contributed by atoms with E-state index in [2.05, 4.69) is 24.5 Å². The molecule has 20 heavy (non-hydrogen) atoms. The van der Waals surface area contributed by atoms with Gasteiger partial charge in [-0.3, -0.25) is 4.79 Å². The third kappa shape index (κ3) is 4.66. The summed E-state index contributed by atoms with van der Waals surface area (Å²) in [4.78, 5) is 12.3. The van der Waals surface area contributed by atoms with Gasteiger partial charge < -0.3 is 10.6 Å². The number of rotatable bonds is 6. The lowest BCUT2D eigenvalue weighted by molar-refractivity contribution is -0.125. The molecule has 2 aliphatic rings. The molecule has 0 radical (unpaired) electrons. The number of thioether (sulfide) groups is 1. The molecular weight excluding hydrogens is 268 g/mol. The summed E-state index contributed by atoms with van der Waals surface area (Å²) < 4.78 is 0. The second-order valence-corrected chi connectivity index (χ2v) is 7.74. The van der Waals surface area contributed by atoms with Crippen LogP contribution in [-0.2, 0) is 4.79 Å². The quantitative estimate of drug-likeness (QED) is 0.741. The number of amides is 1. The summed E-state index contributed by atoms with van der Waals surface area (Å²) >= 11 is 1.95. The first-order chi connectivity index (χ1) is 9.70. The second kappa shape index (κ2) is 8.28. The minimum atomic E-state index is 0.0515.